The van der Waals surface area contributed by atoms with E-state index in [-0.39, 0.29) is 17.0 Å². The second-order valence-electron chi connectivity index (χ2n) is 3.52. The summed E-state index contributed by atoms with van der Waals surface area (Å²) in [7, 11) is 1.13. The molecule has 0 heterocycles. The van der Waals surface area contributed by atoms with Crippen molar-refractivity contribution in [2.75, 3.05) is 7.11 Å². The number of carbonyl (C=O) groups excluding carboxylic acids is 1. The Labute approximate surface area is 106 Å². The summed E-state index contributed by atoms with van der Waals surface area (Å²) in [6.07, 6.45) is -5.23. The van der Waals surface area contributed by atoms with Crippen LogP contribution in [-0.2, 0) is 16.0 Å². The van der Waals surface area contributed by atoms with E-state index in [0.29, 0.717) is 5.56 Å². The van der Waals surface area contributed by atoms with Gasteiger partial charge in [-0.05, 0) is 24.6 Å². The van der Waals surface area contributed by atoms with Gasteiger partial charge in [-0.15, -0.1) is 13.2 Å². The summed E-state index contributed by atoms with van der Waals surface area (Å²) >= 11 is 5.81. The van der Waals surface area contributed by atoms with Gasteiger partial charge in [0.2, 0.25) is 0 Å². The van der Waals surface area contributed by atoms with Crippen molar-refractivity contribution in [1.29, 1.82) is 0 Å². The summed E-state index contributed by atoms with van der Waals surface area (Å²) in [6.45, 7) is 1.57. The first-order chi connectivity index (χ1) is 8.23. The zero-order valence-corrected chi connectivity index (χ0v) is 10.4. The minimum Gasteiger partial charge on any atom is -0.469 e. The van der Waals surface area contributed by atoms with Crippen LogP contribution in [-0.4, -0.2) is 19.4 Å². The molecule has 0 aliphatic carbocycles. The van der Waals surface area contributed by atoms with Gasteiger partial charge in [0.15, 0.2) is 0 Å². The summed E-state index contributed by atoms with van der Waals surface area (Å²) in [5, 5.41) is 0.0275. The van der Waals surface area contributed by atoms with E-state index in [1.54, 1.807) is 6.92 Å². The lowest BCUT2D eigenvalue weighted by Crippen LogP contribution is -2.19. The second kappa shape index (κ2) is 5.48. The summed E-state index contributed by atoms with van der Waals surface area (Å²) in [5.74, 6) is -1.19. The number of benzene rings is 1. The second-order valence-corrected chi connectivity index (χ2v) is 3.93. The smallest absolute Gasteiger partial charge is 0.469 e. The van der Waals surface area contributed by atoms with Crippen molar-refractivity contribution in [2.45, 2.75) is 19.7 Å². The van der Waals surface area contributed by atoms with Gasteiger partial charge in [0.25, 0.3) is 0 Å². The minimum absolute atomic E-state index is 0.0275. The third-order valence-electron chi connectivity index (χ3n) is 2.07. The number of ether oxygens (including phenoxy) is 2. The molecule has 0 N–H and O–H groups in total. The van der Waals surface area contributed by atoms with Crippen molar-refractivity contribution in [2.24, 2.45) is 0 Å². The van der Waals surface area contributed by atoms with Crippen LogP contribution in [0.15, 0.2) is 12.1 Å². The van der Waals surface area contributed by atoms with Crippen molar-refractivity contribution in [3.63, 3.8) is 0 Å². The van der Waals surface area contributed by atoms with E-state index in [9.17, 15) is 18.0 Å². The number of hydrogen-bond donors (Lipinski definition) is 0. The summed E-state index contributed by atoms with van der Waals surface area (Å²) in [6, 6.07) is 2.61. The van der Waals surface area contributed by atoms with Crippen LogP contribution >= 0.6 is 11.6 Å². The van der Waals surface area contributed by atoms with Crippen LogP contribution < -0.4 is 4.74 Å². The Bertz CT molecular complexity index is 458. The van der Waals surface area contributed by atoms with Crippen LogP contribution in [0.25, 0.3) is 0 Å². The number of hydrogen-bond acceptors (Lipinski definition) is 3. The van der Waals surface area contributed by atoms with Crippen LogP contribution in [0.1, 0.15) is 11.1 Å². The van der Waals surface area contributed by atoms with Gasteiger partial charge in [-0.25, -0.2) is 0 Å². The maximum Gasteiger partial charge on any atom is 0.573 e. The third-order valence-corrected chi connectivity index (χ3v) is 2.41. The Morgan fingerprint density at radius 1 is 1.39 bits per heavy atom. The lowest BCUT2D eigenvalue weighted by atomic mass is 10.1. The van der Waals surface area contributed by atoms with Gasteiger partial charge < -0.3 is 9.47 Å². The van der Waals surface area contributed by atoms with Gasteiger partial charge in [-0.2, -0.15) is 0 Å². The standard InChI is InChI=1S/C11H10ClF3O3/c1-6-3-8(12)7(5-10(16)17-2)9(4-6)18-11(13,14)15/h3-4H,5H2,1-2H3. The van der Waals surface area contributed by atoms with E-state index in [1.165, 1.54) is 6.07 Å². The zero-order valence-electron chi connectivity index (χ0n) is 9.60. The van der Waals surface area contributed by atoms with Crippen molar-refractivity contribution in [3.05, 3.63) is 28.3 Å². The predicted octanol–water partition coefficient (Wildman–Crippen LogP) is 3.26. The molecule has 1 aromatic rings. The number of methoxy groups -OCH3 is 1. The monoisotopic (exact) mass is 282 g/mol. The fourth-order valence-corrected chi connectivity index (χ4v) is 1.68. The van der Waals surface area contributed by atoms with E-state index in [1.807, 2.05) is 0 Å². The Morgan fingerprint density at radius 3 is 2.50 bits per heavy atom. The van der Waals surface area contributed by atoms with Gasteiger partial charge in [0, 0.05) is 10.6 Å². The maximum absolute atomic E-state index is 12.2. The van der Waals surface area contributed by atoms with Gasteiger partial charge in [0.05, 0.1) is 13.5 Å². The number of rotatable bonds is 3. The Kier molecular flexibility index (Phi) is 4.45. The van der Waals surface area contributed by atoms with Crippen molar-refractivity contribution in [3.8, 4) is 5.75 Å². The quantitative estimate of drug-likeness (QED) is 0.798. The summed E-state index contributed by atoms with van der Waals surface area (Å²) < 4.78 is 44.9. The summed E-state index contributed by atoms with van der Waals surface area (Å²) in [5.41, 5.74) is 0.444. The average Bonchev–Trinajstić information content (AvgIpc) is 2.20. The molecule has 0 amide bonds. The van der Waals surface area contributed by atoms with Gasteiger partial charge in [-0.3, -0.25) is 4.79 Å². The number of halogens is 4. The molecule has 0 atom stereocenters. The van der Waals surface area contributed by atoms with Crippen molar-refractivity contribution in [1.82, 2.24) is 0 Å². The van der Waals surface area contributed by atoms with E-state index >= 15 is 0 Å². The molecule has 0 spiro atoms. The molecule has 0 saturated heterocycles. The molecular formula is C11H10ClF3O3. The average molecular weight is 283 g/mol. The molecule has 0 aliphatic heterocycles. The molecule has 1 rings (SSSR count). The highest BCUT2D eigenvalue weighted by Crippen LogP contribution is 2.33. The van der Waals surface area contributed by atoms with Crippen LogP contribution in [0, 0.1) is 6.92 Å². The molecule has 18 heavy (non-hydrogen) atoms. The molecule has 7 heteroatoms. The van der Waals surface area contributed by atoms with Crippen molar-refractivity contribution < 1.29 is 27.4 Å². The van der Waals surface area contributed by atoms with Gasteiger partial charge >= 0.3 is 12.3 Å². The maximum atomic E-state index is 12.2. The minimum atomic E-state index is -4.85. The van der Waals surface area contributed by atoms with E-state index < -0.39 is 18.1 Å². The molecule has 100 valence electrons. The molecule has 3 nitrogen and oxygen atoms in total. The molecule has 0 bridgehead atoms. The van der Waals surface area contributed by atoms with Crippen LogP contribution in [0.4, 0.5) is 13.2 Å². The molecule has 0 unspecified atom stereocenters. The first-order valence-electron chi connectivity index (χ1n) is 4.84. The zero-order chi connectivity index (χ0) is 13.9. The third kappa shape index (κ3) is 4.10. The lowest BCUT2D eigenvalue weighted by molar-refractivity contribution is -0.274. The molecule has 1 aromatic carbocycles. The van der Waals surface area contributed by atoms with E-state index in [4.69, 9.17) is 11.6 Å². The highest BCUT2D eigenvalue weighted by atomic mass is 35.5. The molecule has 0 aliphatic rings. The predicted molar refractivity (Wildman–Crippen MR) is 58.6 cm³/mol. The van der Waals surface area contributed by atoms with Crippen LogP contribution in [0.2, 0.25) is 5.02 Å². The molecule has 0 fully saturated rings. The van der Waals surface area contributed by atoms with Crippen LogP contribution in [0.3, 0.4) is 0 Å². The lowest BCUT2D eigenvalue weighted by Gasteiger charge is -2.14. The molecule has 0 saturated carbocycles. The SMILES string of the molecule is COC(=O)Cc1c(Cl)cc(C)cc1OC(F)(F)F. The fraction of sp³-hybridized carbons (Fsp3) is 0.364. The van der Waals surface area contributed by atoms with Gasteiger partial charge in [0.1, 0.15) is 5.75 Å². The first kappa shape index (κ1) is 14.6. The molecular weight excluding hydrogens is 273 g/mol. The largest absolute Gasteiger partial charge is 0.573 e. The fourth-order valence-electron chi connectivity index (χ4n) is 1.34. The number of esters is 1. The van der Waals surface area contributed by atoms with Crippen LogP contribution in [0.5, 0.6) is 5.75 Å². The van der Waals surface area contributed by atoms with E-state index in [2.05, 4.69) is 9.47 Å². The topological polar surface area (TPSA) is 35.5 Å². The van der Waals surface area contributed by atoms with E-state index in [0.717, 1.165) is 13.2 Å². The van der Waals surface area contributed by atoms with Gasteiger partial charge in [-0.1, -0.05) is 11.6 Å². The Morgan fingerprint density at radius 2 is 2.00 bits per heavy atom. The van der Waals surface area contributed by atoms with Crippen molar-refractivity contribution >= 4 is 17.6 Å². The highest BCUT2D eigenvalue weighted by Gasteiger charge is 2.33. The molecule has 0 radical (unpaired) electrons. The highest BCUT2D eigenvalue weighted by molar-refractivity contribution is 6.31. The summed E-state index contributed by atoms with van der Waals surface area (Å²) in [4.78, 5) is 11.1. The molecule has 0 aromatic heterocycles. The Hall–Kier alpha value is -1.43. The number of aryl methyl sites for hydroxylation is 1. The first-order valence-corrected chi connectivity index (χ1v) is 5.22. The number of carbonyl (C=O) groups is 1. The Balaban J connectivity index is 3.16. The normalized spacial score (nSPS) is 11.2. The number of alkyl halides is 3.